The van der Waals surface area contributed by atoms with Gasteiger partial charge in [0, 0.05) is 36.7 Å². The van der Waals surface area contributed by atoms with Crippen LogP contribution in [0.4, 0.5) is 0 Å². The highest BCUT2D eigenvalue weighted by molar-refractivity contribution is 9.10. The van der Waals surface area contributed by atoms with Crippen LogP contribution in [0.5, 0.6) is 5.75 Å². The van der Waals surface area contributed by atoms with Gasteiger partial charge in [-0.05, 0) is 25.1 Å². The third kappa shape index (κ3) is 4.30. The molecule has 0 spiro atoms. The summed E-state index contributed by atoms with van der Waals surface area (Å²) in [6, 6.07) is 8.58. The maximum atomic E-state index is 5.73. The van der Waals surface area contributed by atoms with Crippen LogP contribution < -0.4 is 10.1 Å². The van der Waals surface area contributed by atoms with Crippen LogP contribution in [0.2, 0.25) is 0 Å². The van der Waals surface area contributed by atoms with Gasteiger partial charge in [0.15, 0.2) is 0 Å². The first kappa shape index (κ1) is 12.9. The SMILES string of the molecule is C[C@H]1CN(CCOc2cccc(Br)c2)CCN1. The van der Waals surface area contributed by atoms with E-state index in [0.717, 1.165) is 43.0 Å². The highest BCUT2D eigenvalue weighted by atomic mass is 79.9. The molecule has 17 heavy (non-hydrogen) atoms. The quantitative estimate of drug-likeness (QED) is 0.922. The molecule has 1 atom stereocenters. The minimum atomic E-state index is 0.592. The minimum Gasteiger partial charge on any atom is -0.492 e. The Bertz CT molecular complexity index is 359. The minimum absolute atomic E-state index is 0.592. The summed E-state index contributed by atoms with van der Waals surface area (Å²) in [5.41, 5.74) is 0. The average molecular weight is 299 g/mol. The Morgan fingerprint density at radius 2 is 2.41 bits per heavy atom. The Labute approximate surface area is 111 Å². The Morgan fingerprint density at radius 1 is 1.53 bits per heavy atom. The van der Waals surface area contributed by atoms with E-state index in [0.29, 0.717) is 6.04 Å². The first-order valence-electron chi connectivity index (χ1n) is 6.08. The Hall–Kier alpha value is -0.580. The predicted octanol–water partition coefficient (Wildman–Crippen LogP) is 2.12. The third-order valence-electron chi connectivity index (χ3n) is 2.93. The maximum Gasteiger partial charge on any atom is 0.120 e. The number of nitrogens with zero attached hydrogens (tertiary/aromatic N) is 1. The van der Waals surface area contributed by atoms with Gasteiger partial charge in [-0.25, -0.2) is 0 Å². The molecule has 0 aromatic heterocycles. The molecule has 0 aliphatic carbocycles. The van der Waals surface area contributed by atoms with Crippen molar-refractivity contribution in [2.45, 2.75) is 13.0 Å². The predicted molar refractivity (Wildman–Crippen MR) is 73.5 cm³/mol. The fourth-order valence-corrected chi connectivity index (χ4v) is 2.44. The van der Waals surface area contributed by atoms with Crippen LogP contribution in [-0.2, 0) is 0 Å². The van der Waals surface area contributed by atoms with Crippen molar-refractivity contribution in [1.29, 1.82) is 0 Å². The van der Waals surface area contributed by atoms with Crippen LogP contribution in [0.25, 0.3) is 0 Å². The van der Waals surface area contributed by atoms with E-state index >= 15 is 0 Å². The summed E-state index contributed by atoms with van der Waals surface area (Å²) < 4.78 is 6.79. The van der Waals surface area contributed by atoms with Gasteiger partial charge in [0.2, 0.25) is 0 Å². The van der Waals surface area contributed by atoms with Crippen molar-refractivity contribution in [3.8, 4) is 5.75 Å². The smallest absolute Gasteiger partial charge is 0.120 e. The monoisotopic (exact) mass is 298 g/mol. The molecule has 0 radical (unpaired) electrons. The zero-order valence-electron chi connectivity index (χ0n) is 10.2. The number of nitrogens with one attached hydrogen (secondary N) is 1. The fraction of sp³-hybridized carbons (Fsp3) is 0.538. The van der Waals surface area contributed by atoms with Crippen LogP contribution in [0.3, 0.4) is 0 Å². The normalized spacial score (nSPS) is 21.4. The van der Waals surface area contributed by atoms with Gasteiger partial charge in [-0.15, -0.1) is 0 Å². The van der Waals surface area contributed by atoms with Crippen LogP contribution in [0.15, 0.2) is 28.7 Å². The van der Waals surface area contributed by atoms with Gasteiger partial charge in [-0.2, -0.15) is 0 Å². The molecule has 3 nitrogen and oxygen atoms in total. The molecular weight excluding hydrogens is 280 g/mol. The topological polar surface area (TPSA) is 24.5 Å². The molecule has 94 valence electrons. The van der Waals surface area contributed by atoms with Gasteiger partial charge in [0.1, 0.15) is 12.4 Å². The van der Waals surface area contributed by atoms with E-state index in [1.807, 2.05) is 24.3 Å². The molecule has 1 aromatic rings. The summed E-state index contributed by atoms with van der Waals surface area (Å²) >= 11 is 3.44. The van der Waals surface area contributed by atoms with E-state index in [1.165, 1.54) is 0 Å². The van der Waals surface area contributed by atoms with Crippen LogP contribution in [0.1, 0.15) is 6.92 Å². The zero-order valence-corrected chi connectivity index (χ0v) is 11.7. The van der Waals surface area contributed by atoms with Crippen molar-refractivity contribution >= 4 is 15.9 Å². The first-order valence-corrected chi connectivity index (χ1v) is 6.87. The molecule has 1 aromatic carbocycles. The van der Waals surface area contributed by atoms with Crippen molar-refractivity contribution < 1.29 is 4.74 Å². The standard InChI is InChI=1S/C13H19BrN2O/c1-11-10-16(6-5-15-11)7-8-17-13-4-2-3-12(14)9-13/h2-4,9,11,15H,5-8,10H2,1H3/t11-/m0/s1. The lowest BCUT2D eigenvalue weighted by Crippen LogP contribution is -2.50. The summed E-state index contributed by atoms with van der Waals surface area (Å²) in [5, 5.41) is 3.44. The number of hydrogen-bond acceptors (Lipinski definition) is 3. The molecule has 0 unspecified atom stereocenters. The van der Waals surface area contributed by atoms with E-state index < -0.39 is 0 Å². The molecule has 4 heteroatoms. The Morgan fingerprint density at radius 3 is 3.18 bits per heavy atom. The maximum absolute atomic E-state index is 5.73. The van der Waals surface area contributed by atoms with E-state index in [-0.39, 0.29) is 0 Å². The van der Waals surface area contributed by atoms with Crippen molar-refractivity contribution in [2.24, 2.45) is 0 Å². The molecule has 0 amide bonds. The lowest BCUT2D eigenvalue weighted by atomic mass is 10.2. The number of piperazine rings is 1. The first-order chi connectivity index (χ1) is 8.24. The second-order valence-electron chi connectivity index (χ2n) is 4.46. The number of halogens is 1. The number of benzene rings is 1. The van der Waals surface area contributed by atoms with Gasteiger partial charge in [0.05, 0.1) is 0 Å². The largest absolute Gasteiger partial charge is 0.492 e. The number of rotatable bonds is 4. The molecule has 2 rings (SSSR count). The summed E-state index contributed by atoms with van der Waals surface area (Å²) in [6.45, 7) is 7.29. The molecule has 1 aliphatic heterocycles. The van der Waals surface area contributed by atoms with Crippen molar-refractivity contribution in [3.63, 3.8) is 0 Å². The molecular formula is C13H19BrN2O. The molecule has 0 bridgehead atoms. The summed E-state index contributed by atoms with van der Waals surface area (Å²) in [5.74, 6) is 0.933. The van der Waals surface area contributed by atoms with Gasteiger partial charge in [0.25, 0.3) is 0 Å². The Balaban J connectivity index is 1.72. The summed E-state index contributed by atoms with van der Waals surface area (Å²) in [6.07, 6.45) is 0. The van der Waals surface area contributed by atoms with Crippen molar-refractivity contribution in [1.82, 2.24) is 10.2 Å². The third-order valence-corrected chi connectivity index (χ3v) is 3.42. The molecule has 1 heterocycles. The average Bonchev–Trinajstić information content (AvgIpc) is 2.29. The summed E-state index contributed by atoms with van der Waals surface area (Å²) in [4.78, 5) is 2.44. The van der Waals surface area contributed by atoms with Gasteiger partial charge >= 0.3 is 0 Å². The molecule has 1 saturated heterocycles. The molecule has 0 saturated carbocycles. The van der Waals surface area contributed by atoms with Crippen LogP contribution in [0, 0.1) is 0 Å². The summed E-state index contributed by atoms with van der Waals surface area (Å²) in [7, 11) is 0. The van der Waals surface area contributed by atoms with Gasteiger partial charge in [-0.3, -0.25) is 4.90 Å². The van der Waals surface area contributed by atoms with E-state index in [1.54, 1.807) is 0 Å². The lowest BCUT2D eigenvalue weighted by molar-refractivity contribution is 0.170. The fourth-order valence-electron chi connectivity index (χ4n) is 2.06. The van der Waals surface area contributed by atoms with E-state index in [4.69, 9.17) is 4.74 Å². The highest BCUT2D eigenvalue weighted by Crippen LogP contribution is 2.17. The number of hydrogen-bond donors (Lipinski definition) is 1. The van der Waals surface area contributed by atoms with Crippen LogP contribution >= 0.6 is 15.9 Å². The molecule has 1 aliphatic rings. The van der Waals surface area contributed by atoms with E-state index in [2.05, 4.69) is 33.1 Å². The highest BCUT2D eigenvalue weighted by Gasteiger charge is 2.14. The second-order valence-corrected chi connectivity index (χ2v) is 5.38. The number of ether oxygens (including phenoxy) is 1. The van der Waals surface area contributed by atoms with Gasteiger partial charge < -0.3 is 10.1 Å². The van der Waals surface area contributed by atoms with Crippen molar-refractivity contribution in [2.75, 3.05) is 32.8 Å². The second kappa shape index (κ2) is 6.38. The van der Waals surface area contributed by atoms with Gasteiger partial charge in [-0.1, -0.05) is 22.0 Å². The van der Waals surface area contributed by atoms with E-state index in [9.17, 15) is 0 Å². The van der Waals surface area contributed by atoms with Crippen molar-refractivity contribution in [3.05, 3.63) is 28.7 Å². The van der Waals surface area contributed by atoms with Crippen LogP contribution in [-0.4, -0.2) is 43.7 Å². The zero-order chi connectivity index (χ0) is 12.1. The lowest BCUT2D eigenvalue weighted by Gasteiger charge is -2.31. The molecule has 1 fully saturated rings. The molecule has 1 N–H and O–H groups in total. The Kier molecular flexibility index (Phi) is 4.83.